The van der Waals surface area contributed by atoms with Gasteiger partial charge in [0.25, 0.3) is 0 Å². The molecule has 0 aliphatic rings. The molecule has 0 saturated carbocycles. The van der Waals surface area contributed by atoms with Crippen LogP contribution < -0.4 is 0 Å². The first-order valence-electron chi connectivity index (χ1n) is 4.38. The summed E-state index contributed by atoms with van der Waals surface area (Å²) in [7, 11) is 0. The van der Waals surface area contributed by atoms with E-state index in [0.29, 0.717) is 5.56 Å². The lowest BCUT2D eigenvalue weighted by Crippen LogP contribution is -1.89. The fourth-order valence-electron chi connectivity index (χ4n) is 1.34. The molecule has 0 radical (unpaired) electrons. The molecule has 0 atom stereocenters. The Morgan fingerprint density at radius 3 is 2.88 bits per heavy atom. The van der Waals surface area contributed by atoms with Crippen molar-refractivity contribution in [2.45, 2.75) is 0 Å². The summed E-state index contributed by atoms with van der Waals surface area (Å²) in [6.07, 6.45) is 4.93. The van der Waals surface area contributed by atoms with E-state index in [1.54, 1.807) is 24.7 Å². The zero-order chi connectivity index (χ0) is 11.5. The number of nitriles is 1. The molecular weight excluding hydrogens is 289 g/mol. The van der Waals surface area contributed by atoms with Crippen LogP contribution in [0.1, 0.15) is 5.56 Å². The first kappa shape index (κ1) is 11.1. The topological polar surface area (TPSA) is 49.6 Å². The molecule has 0 amide bonds. The van der Waals surface area contributed by atoms with Crippen molar-refractivity contribution in [3.8, 4) is 17.2 Å². The first-order valence-corrected chi connectivity index (χ1v) is 5.55. The molecule has 0 saturated heterocycles. The molecule has 78 valence electrons. The van der Waals surface area contributed by atoms with Gasteiger partial charge in [-0.1, -0.05) is 11.6 Å². The highest BCUT2D eigenvalue weighted by Gasteiger charge is 2.09. The maximum absolute atomic E-state index is 9.02. The van der Waals surface area contributed by atoms with Gasteiger partial charge in [0, 0.05) is 34.2 Å². The summed E-state index contributed by atoms with van der Waals surface area (Å²) in [5.41, 5.74) is 1.93. The molecule has 0 aliphatic heterocycles. The van der Waals surface area contributed by atoms with Gasteiger partial charge in [-0.25, -0.2) is 4.98 Å². The predicted molar refractivity (Wildman–Crippen MR) is 64.9 cm³/mol. The lowest BCUT2D eigenvalue weighted by atomic mass is 10.0. The fourth-order valence-corrected chi connectivity index (χ4v) is 1.91. The zero-order valence-electron chi connectivity index (χ0n) is 7.98. The van der Waals surface area contributed by atoms with E-state index in [9.17, 15) is 0 Å². The van der Waals surface area contributed by atoms with Crippen LogP contribution in [0.15, 0.2) is 35.2 Å². The molecule has 3 nitrogen and oxygen atoms in total. The number of aromatic nitrogens is 2. The van der Waals surface area contributed by atoms with Crippen LogP contribution in [0.25, 0.3) is 11.1 Å². The van der Waals surface area contributed by atoms with Crippen molar-refractivity contribution in [2.75, 3.05) is 0 Å². The Bertz CT molecular complexity index is 578. The van der Waals surface area contributed by atoms with Crippen LogP contribution in [0.3, 0.4) is 0 Å². The van der Waals surface area contributed by atoms with Gasteiger partial charge in [-0.2, -0.15) is 5.26 Å². The van der Waals surface area contributed by atoms with E-state index in [4.69, 9.17) is 16.9 Å². The Balaban J connectivity index is 2.66. The second kappa shape index (κ2) is 4.60. The monoisotopic (exact) mass is 293 g/mol. The maximum Gasteiger partial charge on any atom is 0.147 e. The van der Waals surface area contributed by atoms with Gasteiger partial charge >= 0.3 is 0 Å². The summed E-state index contributed by atoms with van der Waals surface area (Å²) >= 11 is 9.18. The average Bonchev–Trinajstić information content (AvgIpc) is 2.28. The lowest BCUT2D eigenvalue weighted by Gasteiger charge is -2.04. The number of hydrogen-bond donors (Lipinski definition) is 0. The Labute approximate surface area is 106 Å². The largest absolute Gasteiger partial charge is 0.263 e. The van der Waals surface area contributed by atoms with Gasteiger partial charge in [0.2, 0.25) is 0 Å². The molecule has 5 heteroatoms. The normalized spacial score (nSPS) is 9.81. The minimum atomic E-state index is 0.208. The quantitative estimate of drug-likeness (QED) is 0.757. The van der Waals surface area contributed by atoms with E-state index in [1.165, 1.54) is 0 Å². The SMILES string of the molecule is N#Cc1c(-c2cncc(Br)c2)ccnc1Cl. The van der Waals surface area contributed by atoms with Crippen LogP contribution in [-0.2, 0) is 0 Å². The average molecular weight is 295 g/mol. The molecule has 16 heavy (non-hydrogen) atoms. The molecule has 0 fully saturated rings. The maximum atomic E-state index is 9.02. The second-order valence-electron chi connectivity index (χ2n) is 3.03. The van der Waals surface area contributed by atoms with Crippen LogP contribution in [0.4, 0.5) is 0 Å². The Morgan fingerprint density at radius 1 is 1.38 bits per heavy atom. The highest BCUT2D eigenvalue weighted by atomic mass is 79.9. The van der Waals surface area contributed by atoms with E-state index >= 15 is 0 Å². The van der Waals surface area contributed by atoms with Crippen LogP contribution in [-0.4, -0.2) is 9.97 Å². The van der Waals surface area contributed by atoms with Crippen LogP contribution in [0.2, 0.25) is 5.15 Å². The predicted octanol–water partition coefficient (Wildman–Crippen LogP) is 3.43. The van der Waals surface area contributed by atoms with Gasteiger partial charge in [0.1, 0.15) is 11.2 Å². The van der Waals surface area contributed by atoms with Gasteiger partial charge in [-0.05, 0) is 28.1 Å². The molecule has 0 aliphatic carbocycles. The minimum absolute atomic E-state index is 0.208. The van der Waals surface area contributed by atoms with E-state index in [0.717, 1.165) is 15.6 Å². The summed E-state index contributed by atoms with van der Waals surface area (Å²) < 4.78 is 0.849. The first-order chi connectivity index (χ1) is 7.72. The highest BCUT2D eigenvalue weighted by molar-refractivity contribution is 9.10. The number of pyridine rings is 2. The van der Waals surface area contributed by atoms with Crippen molar-refractivity contribution < 1.29 is 0 Å². The van der Waals surface area contributed by atoms with E-state index in [2.05, 4.69) is 25.9 Å². The number of halogens is 2. The van der Waals surface area contributed by atoms with Gasteiger partial charge in [-0.15, -0.1) is 0 Å². The molecule has 2 aromatic heterocycles. The van der Waals surface area contributed by atoms with E-state index < -0.39 is 0 Å². The third-order valence-corrected chi connectivity index (χ3v) is 2.75. The molecule has 0 aromatic carbocycles. The van der Waals surface area contributed by atoms with E-state index in [1.807, 2.05) is 12.1 Å². The third kappa shape index (κ3) is 2.06. The summed E-state index contributed by atoms with van der Waals surface area (Å²) in [5.74, 6) is 0. The summed E-state index contributed by atoms with van der Waals surface area (Å²) in [5, 5.41) is 9.23. The third-order valence-electron chi connectivity index (χ3n) is 2.03. The zero-order valence-corrected chi connectivity index (χ0v) is 10.3. The van der Waals surface area contributed by atoms with Gasteiger partial charge in [-0.3, -0.25) is 4.98 Å². The lowest BCUT2D eigenvalue weighted by molar-refractivity contribution is 1.28. The van der Waals surface area contributed by atoms with Gasteiger partial charge < -0.3 is 0 Å². The highest BCUT2D eigenvalue weighted by Crippen LogP contribution is 2.27. The molecule has 2 heterocycles. The van der Waals surface area contributed by atoms with Crippen molar-refractivity contribution in [2.24, 2.45) is 0 Å². The van der Waals surface area contributed by atoms with Crippen molar-refractivity contribution in [1.29, 1.82) is 5.26 Å². The molecule has 0 spiro atoms. The van der Waals surface area contributed by atoms with Crippen LogP contribution >= 0.6 is 27.5 Å². The molecule has 0 bridgehead atoms. The molecule has 0 N–H and O–H groups in total. The van der Waals surface area contributed by atoms with E-state index in [-0.39, 0.29) is 5.15 Å². The van der Waals surface area contributed by atoms with Gasteiger partial charge in [0.15, 0.2) is 0 Å². The van der Waals surface area contributed by atoms with Gasteiger partial charge in [0.05, 0.1) is 5.56 Å². The van der Waals surface area contributed by atoms with Crippen LogP contribution in [0.5, 0.6) is 0 Å². The van der Waals surface area contributed by atoms with Crippen molar-refractivity contribution in [1.82, 2.24) is 9.97 Å². The standard InChI is InChI=1S/C11H5BrClN3/c12-8-3-7(5-15-6-8)9-1-2-16-11(13)10(9)4-14/h1-3,5-6H. The van der Waals surface area contributed by atoms with Crippen molar-refractivity contribution in [3.63, 3.8) is 0 Å². The Morgan fingerprint density at radius 2 is 2.19 bits per heavy atom. The summed E-state index contributed by atoms with van der Waals surface area (Å²) in [4.78, 5) is 7.92. The Kier molecular flexibility index (Phi) is 3.18. The molecule has 2 rings (SSSR count). The Hall–Kier alpha value is -1.44. The second-order valence-corrected chi connectivity index (χ2v) is 4.30. The summed E-state index contributed by atoms with van der Waals surface area (Å²) in [6.45, 7) is 0. The molecule has 2 aromatic rings. The number of hydrogen-bond acceptors (Lipinski definition) is 3. The number of rotatable bonds is 1. The number of nitrogens with zero attached hydrogens (tertiary/aromatic N) is 3. The minimum Gasteiger partial charge on any atom is -0.263 e. The smallest absolute Gasteiger partial charge is 0.147 e. The molecular formula is C11H5BrClN3. The summed E-state index contributed by atoms with van der Waals surface area (Å²) in [6, 6.07) is 5.66. The fraction of sp³-hybridized carbons (Fsp3) is 0. The van der Waals surface area contributed by atoms with Crippen molar-refractivity contribution >= 4 is 27.5 Å². The molecule has 0 unspecified atom stereocenters. The van der Waals surface area contributed by atoms with Crippen molar-refractivity contribution in [3.05, 3.63) is 45.9 Å². The van der Waals surface area contributed by atoms with Crippen LogP contribution in [0, 0.1) is 11.3 Å².